The van der Waals surface area contributed by atoms with Crippen molar-refractivity contribution >= 4 is 12.1 Å². The van der Waals surface area contributed by atoms with Crippen molar-refractivity contribution in [1.29, 1.82) is 0 Å². The zero-order chi connectivity index (χ0) is 15.9. The molecule has 0 bridgehead atoms. The Balaban J connectivity index is 2.04. The summed E-state index contributed by atoms with van der Waals surface area (Å²) in [5.74, 6) is 0.754. The number of methoxy groups -OCH3 is 2. The second-order valence-corrected chi connectivity index (χ2v) is 4.68. The molecule has 0 atom stereocenters. The number of benzene rings is 2. The summed E-state index contributed by atoms with van der Waals surface area (Å²) in [5, 5.41) is 3.95. The van der Waals surface area contributed by atoms with Gasteiger partial charge in [0, 0.05) is 5.56 Å². The van der Waals surface area contributed by atoms with E-state index in [4.69, 9.17) is 9.47 Å². The van der Waals surface area contributed by atoms with Crippen molar-refractivity contribution < 1.29 is 14.3 Å². The summed E-state index contributed by atoms with van der Waals surface area (Å²) >= 11 is 0. The van der Waals surface area contributed by atoms with Crippen LogP contribution < -0.4 is 14.9 Å². The zero-order valence-electron chi connectivity index (χ0n) is 12.8. The summed E-state index contributed by atoms with van der Waals surface area (Å²) in [7, 11) is 3.07. The molecular formula is C17H18N2O3. The highest BCUT2D eigenvalue weighted by molar-refractivity contribution is 5.95. The Morgan fingerprint density at radius 1 is 1.05 bits per heavy atom. The van der Waals surface area contributed by atoms with E-state index in [1.165, 1.54) is 12.7 Å². The van der Waals surface area contributed by atoms with Crippen molar-refractivity contribution in [1.82, 2.24) is 5.43 Å². The Hall–Kier alpha value is -2.82. The summed E-state index contributed by atoms with van der Waals surface area (Å²) in [4.78, 5) is 12.0. The number of carbonyl (C=O) groups excluding carboxylic acids is 1. The van der Waals surface area contributed by atoms with Crippen molar-refractivity contribution in [2.45, 2.75) is 6.92 Å². The van der Waals surface area contributed by atoms with Crippen molar-refractivity contribution in [3.63, 3.8) is 0 Å². The highest BCUT2D eigenvalue weighted by Gasteiger charge is 2.09. The van der Waals surface area contributed by atoms with E-state index in [0.717, 1.165) is 5.56 Å². The maximum absolute atomic E-state index is 12.0. The van der Waals surface area contributed by atoms with Crippen LogP contribution in [-0.4, -0.2) is 26.3 Å². The van der Waals surface area contributed by atoms with Gasteiger partial charge in [-0.3, -0.25) is 4.79 Å². The van der Waals surface area contributed by atoms with Gasteiger partial charge in [0.25, 0.3) is 5.91 Å². The summed E-state index contributed by atoms with van der Waals surface area (Å²) in [5.41, 5.74) is 5.02. The van der Waals surface area contributed by atoms with Gasteiger partial charge in [-0.1, -0.05) is 29.8 Å². The lowest BCUT2D eigenvalue weighted by atomic mass is 10.2. The molecule has 0 heterocycles. The Labute approximate surface area is 129 Å². The first-order chi connectivity index (χ1) is 10.6. The van der Waals surface area contributed by atoms with Gasteiger partial charge in [0.1, 0.15) is 0 Å². The fourth-order valence-corrected chi connectivity index (χ4v) is 1.86. The molecule has 2 rings (SSSR count). The van der Waals surface area contributed by atoms with Gasteiger partial charge >= 0.3 is 0 Å². The van der Waals surface area contributed by atoms with Gasteiger partial charge in [-0.25, -0.2) is 5.43 Å². The summed E-state index contributed by atoms with van der Waals surface area (Å²) in [6.45, 7) is 2.01. The fourth-order valence-electron chi connectivity index (χ4n) is 1.86. The van der Waals surface area contributed by atoms with Gasteiger partial charge in [0.05, 0.1) is 20.4 Å². The number of carbonyl (C=O) groups is 1. The number of hydrogen-bond donors (Lipinski definition) is 1. The van der Waals surface area contributed by atoms with Crippen molar-refractivity contribution in [3.8, 4) is 11.5 Å². The van der Waals surface area contributed by atoms with E-state index in [0.29, 0.717) is 17.1 Å². The highest BCUT2D eigenvalue weighted by atomic mass is 16.5. The van der Waals surface area contributed by atoms with Crippen LogP contribution in [-0.2, 0) is 0 Å². The molecule has 114 valence electrons. The van der Waals surface area contributed by atoms with Crippen LogP contribution in [0, 0.1) is 6.92 Å². The molecule has 0 saturated heterocycles. The minimum absolute atomic E-state index is 0.315. The molecule has 5 heteroatoms. The van der Waals surface area contributed by atoms with Gasteiger partial charge < -0.3 is 9.47 Å². The molecule has 1 amide bonds. The monoisotopic (exact) mass is 298 g/mol. The smallest absolute Gasteiger partial charge is 0.271 e. The van der Waals surface area contributed by atoms with E-state index in [-0.39, 0.29) is 5.91 Å². The van der Waals surface area contributed by atoms with E-state index in [1.54, 1.807) is 31.5 Å². The maximum Gasteiger partial charge on any atom is 0.271 e. The van der Waals surface area contributed by atoms with Gasteiger partial charge in [-0.05, 0) is 30.7 Å². The van der Waals surface area contributed by atoms with Crippen LogP contribution in [0.1, 0.15) is 21.5 Å². The molecule has 0 aliphatic rings. The Bertz CT molecular complexity index is 679. The van der Waals surface area contributed by atoms with E-state index in [1.807, 2.05) is 31.2 Å². The molecule has 0 aliphatic carbocycles. The van der Waals surface area contributed by atoms with Gasteiger partial charge in [-0.15, -0.1) is 0 Å². The summed E-state index contributed by atoms with van der Waals surface area (Å²) in [6.07, 6.45) is 1.60. The zero-order valence-corrected chi connectivity index (χ0v) is 12.8. The van der Waals surface area contributed by atoms with Crippen LogP contribution in [0.4, 0.5) is 0 Å². The molecule has 0 fully saturated rings. The lowest BCUT2D eigenvalue weighted by Crippen LogP contribution is -2.17. The van der Waals surface area contributed by atoms with Gasteiger partial charge in [-0.2, -0.15) is 5.10 Å². The second-order valence-electron chi connectivity index (χ2n) is 4.68. The number of nitrogens with one attached hydrogen (secondary N) is 1. The molecular weight excluding hydrogens is 280 g/mol. The quantitative estimate of drug-likeness (QED) is 0.682. The van der Waals surface area contributed by atoms with Crippen LogP contribution >= 0.6 is 0 Å². The molecule has 0 aromatic heterocycles. The van der Waals surface area contributed by atoms with Crippen LogP contribution in [0.3, 0.4) is 0 Å². The Morgan fingerprint density at radius 3 is 2.36 bits per heavy atom. The number of rotatable bonds is 5. The largest absolute Gasteiger partial charge is 0.493 e. The highest BCUT2D eigenvalue weighted by Crippen LogP contribution is 2.27. The fraction of sp³-hybridized carbons (Fsp3) is 0.176. The van der Waals surface area contributed by atoms with Crippen LogP contribution in [0.2, 0.25) is 0 Å². The molecule has 0 aliphatic heterocycles. The topological polar surface area (TPSA) is 59.9 Å². The average molecular weight is 298 g/mol. The predicted octanol–water partition coefficient (Wildman–Crippen LogP) is 2.78. The van der Waals surface area contributed by atoms with Gasteiger partial charge in [0.2, 0.25) is 0 Å². The standard InChI is InChI=1S/C17H18N2O3/c1-12-4-6-13(7-5-12)11-18-19-17(20)14-8-9-15(21-2)16(10-14)22-3/h4-11H,1-3H3,(H,19,20)/b18-11+. The number of hydrogen-bond acceptors (Lipinski definition) is 4. The number of nitrogens with zero attached hydrogens (tertiary/aromatic N) is 1. The van der Waals surface area contributed by atoms with Crippen molar-refractivity contribution in [2.75, 3.05) is 14.2 Å². The first-order valence-corrected chi connectivity index (χ1v) is 6.76. The molecule has 0 radical (unpaired) electrons. The Kier molecular flexibility index (Phi) is 5.14. The SMILES string of the molecule is COc1ccc(C(=O)N/N=C/c2ccc(C)cc2)cc1OC. The first kappa shape index (κ1) is 15.6. The maximum atomic E-state index is 12.0. The third-order valence-electron chi connectivity index (χ3n) is 3.10. The second kappa shape index (κ2) is 7.26. The van der Waals surface area contributed by atoms with Gasteiger partial charge in [0.15, 0.2) is 11.5 Å². The first-order valence-electron chi connectivity index (χ1n) is 6.76. The molecule has 1 N–H and O–H groups in total. The normalized spacial score (nSPS) is 10.5. The van der Waals surface area contributed by atoms with Crippen LogP contribution in [0.15, 0.2) is 47.6 Å². The lowest BCUT2D eigenvalue weighted by molar-refractivity contribution is 0.0954. The van der Waals surface area contributed by atoms with Crippen LogP contribution in [0.5, 0.6) is 11.5 Å². The van der Waals surface area contributed by atoms with E-state index in [9.17, 15) is 4.79 Å². The number of amides is 1. The molecule has 2 aromatic rings. The minimum Gasteiger partial charge on any atom is -0.493 e. The summed E-state index contributed by atoms with van der Waals surface area (Å²) < 4.78 is 10.3. The van der Waals surface area contributed by atoms with Crippen molar-refractivity contribution in [2.24, 2.45) is 5.10 Å². The van der Waals surface area contributed by atoms with E-state index in [2.05, 4.69) is 10.5 Å². The number of aryl methyl sites for hydroxylation is 1. The molecule has 2 aromatic carbocycles. The van der Waals surface area contributed by atoms with Crippen molar-refractivity contribution in [3.05, 3.63) is 59.2 Å². The third-order valence-corrected chi connectivity index (χ3v) is 3.10. The van der Waals surface area contributed by atoms with E-state index >= 15 is 0 Å². The molecule has 5 nitrogen and oxygen atoms in total. The molecule has 0 saturated carbocycles. The molecule has 0 spiro atoms. The minimum atomic E-state index is -0.315. The Morgan fingerprint density at radius 2 is 1.73 bits per heavy atom. The lowest BCUT2D eigenvalue weighted by Gasteiger charge is -2.08. The van der Waals surface area contributed by atoms with E-state index < -0.39 is 0 Å². The predicted molar refractivity (Wildman–Crippen MR) is 85.8 cm³/mol. The third kappa shape index (κ3) is 3.85. The van der Waals surface area contributed by atoms with Crippen LogP contribution in [0.25, 0.3) is 0 Å². The number of hydrazone groups is 1. The summed E-state index contributed by atoms with van der Waals surface area (Å²) in [6, 6.07) is 12.8. The molecule has 22 heavy (non-hydrogen) atoms. The molecule has 0 unspecified atom stereocenters. The average Bonchev–Trinajstić information content (AvgIpc) is 2.55. The number of ether oxygens (including phenoxy) is 2.